The van der Waals surface area contributed by atoms with Gasteiger partial charge in [-0.15, -0.1) is 0 Å². The predicted octanol–water partition coefficient (Wildman–Crippen LogP) is 4.75. The Labute approximate surface area is 169 Å². The number of nitrogens with two attached hydrogens (primary N) is 1. The number of nitrogens with one attached hydrogen (secondary N) is 1. The Morgan fingerprint density at radius 3 is 2.37 bits per heavy atom. The summed E-state index contributed by atoms with van der Waals surface area (Å²) < 4.78 is 0. The minimum atomic E-state index is -0.400. The predicted molar refractivity (Wildman–Crippen MR) is 111 cm³/mol. The van der Waals surface area contributed by atoms with Crippen LogP contribution in [0.15, 0.2) is 72.8 Å². The molecule has 3 rings (SSSR count). The van der Waals surface area contributed by atoms with Gasteiger partial charge in [-0.05, 0) is 30.7 Å². The van der Waals surface area contributed by atoms with Crippen LogP contribution in [0.5, 0.6) is 0 Å². The van der Waals surface area contributed by atoms with Crippen LogP contribution in [-0.2, 0) is 11.3 Å². The van der Waals surface area contributed by atoms with Crippen molar-refractivity contribution in [3.63, 3.8) is 0 Å². The second-order valence-electron chi connectivity index (χ2n) is 6.37. The first-order valence-electron chi connectivity index (χ1n) is 8.73. The molecule has 0 radical (unpaired) electrons. The Kier molecular flexibility index (Phi) is 6.51. The van der Waals surface area contributed by atoms with Crippen LogP contribution in [0.3, 0.4) is 0 Å². The molecule has 138 valence electrons. The Hall–Kier alpha value is -2.33. The van der Waals surface area contributed by atoms with Gasteiger partial charge in [-0.1, -0.05) is 77.8 Å². The Balaban J connectivity index is 1.80. The lowest BCUT2D eigenvalue weighted by Gasteiger charge is -2.17. The van der Waals surface area contributed by atoms with Crippen molar-refractivity contribution in [1.29, 1.82) is 0 Å². The maximum Gasteiger partial charge on any atom is 0.287 e. The van der Waals surface area contributed by atoms with Crippen LogP contribution < -0.4 is 10.6 Å². The zero-order chi connectivity index (χ0) is 19.2. The van der Waals surface area contributed by atoms with E-state index in [0.29, 0.717) is 22.3 Å². The van der Waals surface area contributed by atoms with Gasteiger partial charge in [-0.25, -0.2) is 0 Å². The van der Waals surface area contributed by atoms with Crippen molar-refractivity contribution in [2.45, 2.75) is 19.5 Å². The van der Waals surface area contributed by atoms with Crippen molar-refractivity contribution < 1.29 is 10.1 Å². The first-order valence-corrected chi connectivity index (χ1v) is 9.49. The maximum atomic E-state index is 13.0. The summed E-state index contributed by atoms with van der Waals surface area (Å²) in [5.41, 5.74) is 3.58. The van der Waals surface area contributed by atoms with Crippen molar-refractivity contribution in [2.24, 2.45) is 0 Å². The van der Waals surface area contributed by atoms with Crippen LogP contribution in [0, 0.1) is 6.92 Å². The number of quaternary nitrogens is 1. The number of halogens is 2. The molecule has 0 bridgehead atoms. The monoisotopic (exact) mass is 399 g/mol. The van der Waals surface area contributed by atoms with Crippen LogP contribution in [0.2, 0.25) is 10.0 Å². The van der Waals surface area contributed by atoms with E-state index in [1.807, 2.05) is 79.0 Å². The molecule has 3 N–H and O–H groups in total. The Morgan fingerprint density at radius 2 is 1.67 bits per heavy atom. The molecule has 3 aromatic carbocycles. The van der Waals surface area contributed by atoms with Crippen LogP contribution in [0.4, 0.5) is 5.69 Å². The van der Waals surface area contributed by atoms with Crippen LogP contribution in [0.1, 0.15) is 22.7 Å². The maximum absolute atomic E-state index is 13.0. The lowest BCUT2D eigenvalue weighted by Crippen LogP contribution is -2.85. The summed E-state index contributed by atoms with van der Waals surface area (Å²) in [4.78, 5) is 13.0. The molecule has 0 saturated heterocycles. The Morgan fingerprint density at radius 1 is 0.963 bits per heavy atom. The topological polar surface area (TPSA) is 45.7 Å². The normalized spacial score (nSPS) is 11.8. The first kappa shape index (κ1) is 19.4. The number of aryl methyl sites for hydroxylation is 1. The van der Waals surface area contributed by atoms with Crippen molar-refractivity contribution in [3.05, 3.63) is 99.5 Å². The summed E-state index contributed by atoms with van der Waals surface area (Å²) in [5.74, 6) is -0.104. The highest BCUT2D eigenvalue weighted by molar-refractivity contribution is 6.31. The number of hydrogen-bond acceptors (Lipinski definition) is 1. The van der Waals surface area contributed by atoms with Gasteiger partial charge in [0.25, 0.3) is 5.91 Å². The molecule has 0 fully saturated rings. The van der Waals surface area contributed by atoms with E-state index in [1.54, 1.807) is 6.07 Å². The lowest BCUT2D eigenvalue weighted by atomic mass is 10.1. The third kappa shape index (κ3) is 5.10. The standard InChI is InChI=1S/C22H20Cl2N2O/c1-15-11-12-18(13-20(15)24)26-22(27)21(16-7-3-2-4-8-16)25-14-17-9-5-6-10-19(17)23/h2-13,21,25H,14H2,1H3,(H,26,27)/p+1/t21-/m1/s1. The van der Waals surface area contributed by atoms with E-state index < -0.39 is 6.04 Å². The molecular formula is C22H21Cl2N2O+. The summed E-state index contributed by atoms with van der Waals surface area (Å²) in [6.45, 7) is 2.53. The molecule has 0 saturated carbocycles. The van der Waals surface area contributed by atoms with Gasteiger partial charge in [-0.3, -0.25) is 4.79 Å². The number of hydrogen-bond donors (Lipinski definition) is 2. The SMILES string of the molecule is Cc1ccc(NC(=O)[C@H]([NH2+]Cc2ccccc2Cl)c2ccccc2)cc1Cl. The molecule has 27 heavy (non-hydrogen) atoms. The van der Waals surface area contributed by atoms with Gasteiger partial charge in [0.15, 0.2) is 6.04 Å². The molecule has 0 unspecified atom stereocenters. The van der Waals surface area contributed by atoms with E-state index in [2.05, 4.69) is 5.32 Å². The summed E-state index contributed by atoms with van der Waals surface area (Å²) in [6.07, 6.45) is 0. The zero-order valence-corrected chi connectivity index (χ0v) is 16.5. The molecular weight excluding hydrogens is 379 g/mol. The largest absolute Gasteiger partial charge is 0.328 e. The van der Waals surface area contributed by atoms with E-state index in [9.17, 15) is 4.79 Å². The number of anilines is 1. The summed E-state index contributed by atoms with van der Waals surface area (Å²) >= 11 is 12.4. The van der Waals surface area contributed by atoms with Crippen LogP contribution >= 0.6 is 23.2 Å². The van der Waals surface area contributed by atoms with Crippen molar-refractivity contribution in [2.75, 3.05) is 5.32 Å². The number of benzene rings is 3. The average molecular weight is 400 g/mol. The molecule has 0 aliphatic rings. The highest BCUT2D eigenvalue weighted by Crippen LogP contribution is 2.21. The minimum absolute atomic E-state index is 0.104. The number of rotatable bonds is 6. The fourth-order valence-corrected chi connectivity index (χ4v) is 3.25. The van der Waals surface area contributed by atoms with Crippen molar-refractivity contribution >= 4 is 34.8 Å². The van der Waals surface area contributed by atoms with Gasteiger partial charge in [0.2, 0.25) is 0 Å². The van der Waals surface area contributed by atoms with E-state index in [-0.39, 0.29) is 5.91 Å². The second kappa shape index (κ2) is 9.05. The third-order valence-corrected chi connectivity index (χ3v) is 5.19. The Bertz CT molecular complexity index is 929. The highest BCUT2D eigenvalue weighted by atomic mass is 35.5. The van der Waals surface area contributed by atoms with Gasteiger partial charge in [0.05, 0.1) is 0 Å². The summed E-state index contributed by atoms with van der Waals surface area (Å²) in [5, 5.41) is 6.29. The van der Waals surface area contributed by atoms with E-state index >= 15 is 0 Å². The molecule has 0 aliphatic heterocycles. The fourth-order valence-electron chi connectivity index (χ4n) is 2.85. The number of carbonyl (C=O) groups excluding carboxylic acids is 1. The zero-order valence-electron chi connectivity index (χ0n) is 15.0. The van der Waals surface area contributed by atoms with Gasteiger partial charge in [0.1, 0.15) is 6.54 Å². The van der Waals surface area contributed by atoms with Crippen molar-refractivity contribution in [3.8, 4) is 0 Å². The third-order valence-electron chi connectivity index (χ3n) is 4.41. The number of amides is 1. The fraction of sp³-hybridized carbons (Fsp3) is 0.136. The molecule has 0 aliphatic carbocycles. The van der Waals surface area contributed by atoms with E-state index in [1.165, 1.54) is 0 Å². The average Bonchev–Trinajstić information content (AvgIpc) is 2.67. The quantitative estimate of drug-likeness (QED) is 0.617. The van der Waals surface area contributed by atoms with E-state index in [4.69, 9.17) is 23.2 Å². The molecule has 5 heteroatoms. The molecule has 1 amide bonds. The van der Waals surface area contributed by atoms with E-state index in [0.717, 1.165) is 16.7 Å². The first-order chi connectivity index (χ1) is 13.0. The lowest BCUT2D eigenvalue weighted by molar-refractivity contribution is -0.697. The summed E-state index contributed by atoms with van der Waals surface area (Å²) in [7, 11) is 0. The molecule has 3 aromatic rings. The number of carbonyl (C=O) groups is 1. The van der Waals surface area contributed by atoms with Crippen molar-refractivity contribution in [1.82, 2.24) is 0 Å². The minimum Gasteiger partial charge on any atom is -0.328 e. The smallest absolute Gasteiger partial charge is 0.287 e. The van der Waals surface area contributed by atoms with Crippen LogP contribution in [0.25, 0.3) is 0 Å². The van der Waals surface area contributed by atoms with Crippen LogP contribution in [-0.4, -0.2) is 5.91 Å². The van der Waals surface area contributed by atoms with Gasteiger partial charge in [0, 0.05) is 26.9 Å². The van der Waals surface area contributed by atoms with Gasteiger partial charge in [-0.2, -0.15) is 0 Å². The molecule has 0 aromatic heterocycles. The molecule has 0 spiro atoms. The second-order valence-corrected chi connectivity index (χ2v) is 7.19. The highest BCUT2D eigenvalue weighted by Gasteiger charge is 2.24. The summed E-state index contributed by atoms with van der Waals surface area (Å²) in [6, 6.07) is 22.5. The molecule has 3 nitrogen and oxygen atoms in total. The molecule has 0 heterocycles. The van der Waals surface area contributed by atoms with Gasteiger partial charge >= 0.3 is 0 Å². The molecule has 1 atom stereocenters. The van der Waals surface area contributed by atoms with Gasteiger partial charge < -0.3 is 10.6 Å².